The molecule has 3 heteroatoms. The third kappa shape index (κ3) is 4.01. The van der Waals surface area contributed by atoms with Gasteiger partial charge < -0.3 is 5.32 Å². The minimum atomic E-state index is 0.393. The molecule has 1 atom stereocenters. The molecule has 0 aromatic carbocycles. The third-order valence-electron chi connectivity index (χ3n) is 3.88. The molecule has 0 aliphatic rings. The highest BCUT2D eigenvalue weighted by molar-refractivity contribution is 8.00. The van der Waals surface area contributed by atoms with Crippen LogP contribution < -0.4 is 5.32 Å². The van der Waals surface area contributed by atoms with Gasteiger partial charge >= 0.3 is 0 Å². The predicted molar refractivity (Wildman–Crippen MR) is 86.7 cm³/mol. The summed E-state index contributed by atoms with van der Waals surface area (Å²) in [7, 11) is 0. The molecule has 1 rings (SSSR count). The Morgan fingerprint density at radius 2 is 2.00 bits per heavy atom. The Morgan fingerprint density at radius 1 is 1.33 bits per heavy atom. The van der Waals surface area contributed by atoms with Gasteiger partial charge in [-0.15, -0.1) is 11.3 Å². The second kappa shape index (κ2) is 7.56. The number of hydrogen-bond donors (Lipinski definition) is 1. The van der Waals surface area contributed by atoms with Crippen LogP contribution in [-0.2, 0) is 0 Å². The Morgan fingerprint density at radius 3 is 2.39 bits per heavy atom. The summed E-state index contributed by atoms with van der Waals surface area (Å²) in [6.45, 7) is 10.3. The van der Waals surface area contributed by atoms with Gasteiger partial charge in [-0.1, -0.05) is 33.8 Å². The number of nitrogens with one attached hydrogen (secondary N) is 1. The number of rotatable bonds is 8. The maximum absolute atomic E-state index is 3.80. The largest absolute Gasteiger partial charge is 0.308 e. The summed E-state index contributed by atoms with van der Waals surface area (Å²) in [5.41, 5.74) is 0. The van der Waals surface area contributed by atoms with E-state index in [0.717, 1.165) is 6.54 Å². The van der Waals surface area contributed by atoms with Gasteiger partial charge in [0.05, 0.1) is 0 Å². The van der Waals surface area contributed by atoms with Crippen molar-refractivity contribution in [3.05, 3.63) is 22.4 Å². The molecule has 0 aliphatic heterocycles. The Balaban J connectivity index is 2.68. The van der Waals surface area contributed by atoms with Gasteiger partial charge in [-0.3, -0.25) is 0 Å². The Bertz CT molecular complexity index is 307. The van der Waals surface area contributed by atoms with E-state index in [1.165, 1.54) is 17.7 Å². The number of thiophene rings is 1. The van der Waals surface area contributed by atoms with E-state index in [2.05, 4.69) is 56.8 Å². The summed E-state index contributed by atoms with van der Waals surface area (Å²) in [5.74, 6) is 0.636. The van der Waals surface area contributed by atoms with E-state index >= 15 is 0 Å². The first-order valence-electron chi connectivity index (χ1n) is 6.90. The molecule has 1 unspecified atom stereocenters. The van der Waals surface area contributed by atoms with E-state index in [0.29, 0.717) is 16.7 Å². The van der Waals surface area contributed by atoms with Gasteiger partial charge in [0.25, 0.3) is 0 Å². The van der Waals surface area contributed by atoms with Gasteiger partial charge in [0.15, 0.2) is 0 Å². The fourth-order valence-electron chi connectivity index (χ4n) is 2.29. The zero-order chi connectivity index (χ0) is 13.6. The molecule has 0 aliphatic carbocycles. The molecule has 1 aromatic heterocycles. The monoisotopic (exact) mass is 285 g/mol. The van der Waals surface area contributed by atoms with Crippen molar-refractivity contribution in [2.75, 3.05) is 12.8 Å². The van der Waals surface area contributed by atoms with Crippen LogP contribution in [0.5, 0.6) is 0 Å². The molecule has 104 valence electrons. The number of hydrogen-bond acceptors (Lipinski definition) is 3. The second-order valence-corrected chi connectivity index (χ2v) is 7.47. The average Bonchev–Trinajstić information content (AvgIpc) is 2.88. The molecule has 0 amide bonds. The smallest absolute Gasteiger partial charge is 0.0438 e. The molecule has 1 heterocycles. The zero-order valence-electron chi connectivity index (χ0n) is 12.3. The topological polar surface area (TPSA) is 12.0 Å². The minimum absolute atomic E-state index is 0.393. The van der Waals surface area contributed by atoms with Gasteiger partial charge in [-0.2, -0.15) is 11.8 Å². The van der Waals surface area contributed by atoms with Crippen molar-refractivity contribution in [2.45, 2.75) is 51.3 Å². The lowest BCUT2D eigenvalue weighted by molar-refractivity contribution is 0.381. The molecule has 1 aromatic rings. The lowest BCUT2D eigenvalue weighted by Crippen LogP contribution is -2.39. The van der Waals surface area contributed by atoms with Crippen molar-refractivity contribution in [1.29, 1.82) is 0 Å². The van der Waals surface area contributed by atoms with Crippen LogP contribution in [0, 0.1) is 5.92 Å². The molecule has 0 fully saturated rings. The van der Waals surface area contributed by atoms with Crippen LogP contribution in [0.25, 0.3) is 0 Å². The molecule has 18 heavy (non-hydrogen) atoms. The lowest BCUT2D eigenvalue weighted by atomic mass is 9.98. The van der Waals surface area contributed by atoms with Gasteiger partial charge in [-0.05, 0) is 36.5 Å². The molecule has 0 bridgehead atoms. The predicted octanol–water partition coefficient (Wildman–Crippen LogP) is 4.96. The average molecular weight is 286 g/mol. The molecule has 1 N–H and O–H groups in total. The van der Waals surface area contributed by atoms with Crippen molar-refractivity contribution < 1.29 is 0 Å². The summed E-state index contributed by atoms with van der Waals surface area (Å²) in [5, 5.41) is 5.98. The standard InChI is InChI=1S/C15H27NS2/c1-6-15(7-2,17-5)11-16-14(12(3)4)13-9-8-10-18-13/h8-10,12,14,16H,6-7,11H2,1-5H3. The summed E-state index contributed by atoms with van der Waals surface area (Å²) >= 11 is 3.87. The first kappa shape index (κ1) is 16.1. The normalized spacial score (nSPS) is 14.1. The Hall–Kier alpha value is 0.01000. The fraction of sp³-hybridized carbons (Fsp3) is 0.733. The quantitative estimate of drug-likeness (QED) is 0.725. The maximum atomic E-state index is 3.80. The van der Waals surface area contributed by atoms with E-state index in [-0.39, 0.29) is 0 Å². The van der Waals surface area contributed by atoms with Crippen LogP contribution in [0.1, 0.15) is 51.5 Å². The van der Waals surface area contributed by atoms with E-state index in [1.807, 2.05) is 23.1 Å². The van der Waals surface area contributed by atoms with Crippen LogP contribution in [-0.4, -0.2) is 17.5 Å². The van der Waals surface area contributed by atoms with E-state index in [4.69, 9.17) is 0 Å². The van der Waals surface area contributed by atoms with Crippen LogP contribution in [0.2, 0.25) is 0 Å². The van der Waals surface area contributed by atoms with Gasteiger partial charge in [0.1, 0.15) is 0 Å². The summed E-state index contributed by atoms with van der Waals surface area (Å²) in [6, 6.07) is 4.90. The summed E-state index contributed by atoms with van der Waals surface area (Å²) < 4.78 is 0.393. The third-order valence-corrected chi connectivity index (χ3v) is 6.43. The lowest BCUT2D eigenvalue weighted by Gasteiger charge is -2.33. The summed E-state index contributed by atoms with van der Waals surface area (Å²) in [4.78, 5) is 1.47. The highest BCUT2D eigenvalue weighted by Crippen LogP contribution is 2.32. The maximum Gasteiger partial charge on any atom is 0.0438 e. The highest BCUT2D eigenvalue weighted by Gasteiger charge is 2.27. The SMILES string of the molecule is CCC(CC)(CNC(c1cccs1)C(C)C)SC. The van der Waals surface area contributed by atoms with E-state index < -0.39 is 0 Å². The van der Waals surface area contributed by atoms with Crippen molar-refractivity contribution in [3.63, 3.8) is 0 Å². The van der Waals surface area contributed by atoms with E-state index in [9.17, 15) is 0 Å². The molecule has 0 saturated carbocycles. The Labute approximate surface area is 121 Å². The summed E-state index contributed by atoms with van der Waals surface area (Å²) in [6.07, 6.45) is 4.70. The second-order valence-electron chi connectivity index (χ2n) is 5.21. The van der Waals surface area contributed by atoms with Crippen molar-refractivity contribution >= 4 is 23.1 Å². The van der Waals surface area contributed by atoms with Crippen LogP contribution in [0.3, 0.4) is 0 Å². The van der Waals surface area contributed by atoms with Crippen LogP contribution in [0.15, 0.2) is 17.5 Å². The molecule has 0 spiro atoms. The van der Waals surface area contributed by atoms with Crippen molar-refractivity contribution in [1.82, 2.24) is 5.32 Å². The Kier molecular flexibility index (Phi) is 6.75. The zero-order valence-corrected chi connectivity index (χ0v) is 14.0. The van der Waals surface area contributed by atoms with Crippen molar-refractivity contribution in [3.8, 4) is 0 Å². The highest BCUT2D eigenvalue weighted by atomic mass is 32.2. The van der Waals surface area contributed by atoms with Gasteiger partial charge in [-0.25, -0.2) is 0 Å². The molecule has 0 radical (unpaired) electrons. The minimum Gasteiger partial charge on any atom is -0.308 e. The molecule has 0 saturated heterocycles. The van der Waals surface area contributed by atoms with Gasteiger partial charge in [0.2, 0.25) is 0 Å². The van der Waals surface area contributed by atoms with Crippen LogP contribution in [0.4, 0.5) is 0 Å². The van der Waals surface area contributed by atoms with Crippen LogP contribution >= 0.6 is 23.1 Å². The number of thioether (sulfide) groups is 1. The molecular formula is C15H27NS2. The van der Waals surface area contributed by atoms with Gasteiger partial charge in [0, 0.05) is 22.2 Å². The first-order valence-corrected chi connectivity index (χ1v) is 9.01. The first-order chi connectivity index (χ1) is 8.58. The molecular weight excluding hydrogens is 258 g/mol. The fourth-order valence-corrected chi connectivity index (χ4v) is 4.07. The van der Waals surface area contributed by atoms with Crippen molar-refractivity contribution in [2.24, 2.45) is 5.92 Å². The molecule has 1 nitrogen and oxygen atoms in total. The van der Waals surface area contributed by atoms with E-state index in [1.54, 1.807) is 0 Å².